The molecule has 1 aliphatic carbocycles. The molecule has 1 fully saturated rings. The van der Waals surface area contributed by atoms with E-state index < -0.39 is 0 Å². The molecule has 1 saturated carbocycles. The number of aromatic nitrogens is 4. The molecule has 0 N–H and O–H groups in total. The van der Waals surface area contributed by atoms with Crippen LogP contribution >= 0.6 is 11.6 Å². The van der Waals surface area contributed by atoms with Crippen LogP contribution in [0.25, 0.3) is 16.8 Å². The second-order valence-electron chi connectivity index (χ2n) is 10.3. The maximum atomic E-state index is 13.4. The fourth-order valence-corrected chi connectivity index (χ4v) is 4.18. The van der Waals surface area contributed by atoms with Gasteiger partial charge in [0.1, 0.15) is 0 Å². The van der Waals surface area contributed by atoms with Crippen LogP contribution in [0.2, 0.25) is 5.02 Å². The van der Waals surface area contributed by atoms with Gasteiger partial charge in [0.25, 0.3) is 0 Å². The predicted molar refractivity (Wildman–Crippen MR) is 124 cm³/mol. The van der Waals surface area contributed by atoms with Crippen LogP contribution in [0.5, 0.6) is 0 Å². The molecule has 1 aliphatic rings. The van der Waals surface area contributed by atoms with Gasteiger partial charge in [0.05, 0.1) is 5.69 Å². The van der Waals surface area contributed by atoms with Crippen molar-refractivity contribution in [1.82, 2.24) is 20.2 Å². The van der Waals surface area contributed by atoms with Crippen molar-refractivity contribution in [2.75, 3.05) is 0 Å². The number of carbonyl (C=O) groups excluding carboxylic acids is 1. The quantitative estimate of drug-likeness (QED) is 0.426. The molecule has 0 spiro atoms. The molecule has 6 heteroatoms. The number of halogens is 1. The number of ketones is 1. The molecule has 2 aromatic carbocycles. The van der Waals surface area contributed by atoms with Crippen molar-refractivity contribution in [2.45, 2.75) is 59.3 Å². The summed E-state index contributed by atoms with van der Waals surface area (Å²) < 4.78 is 1.74. The molecule has 5 nitrogen and oxygen atoms in total. The predicted octanol–water partition coefficient (Wildman–Crippen LogP) is 6.29. The van der Waals surface area contributed by atoms with Crippen molar-refractivity contribution < 1.29 is 4.79 Å². The lowest BCUT2D eigenvalue weighted by Crippen LogP contribution is -2.21. The molecule has 1 aromatic heterocycles. The number of Topliss-reactive ketones (excluding diaryl/α,β-unsaturated/α-hetero) is 1. The van der Waals surface area contributed by atoms with Crippen LogP contribution in [0.15, 0.2) is 42.5 Å². The lowest BCUT2D eigenvalue weighted by molar-refractivity contribution is 0.0917. The van der Waals surface area contributed by atoms with E-state index in [4.69, 9.17) is 11.6 Å². The smallest absolute Gasteiger partial charge is 0.163 e. The van der Waals surface area contributed by atoms with E-state index in [2.05, 4.69) is 50.1 Å². The number of rotatable bonds is 6. The van der Waals surface area contributed by atoms with E-state index in [0.29, 0.717) is 22.9 Å². The Morgan fingerprint density at radius 3 is 2.32 bits per heavy atom. The average Bonchev–Trinajstić information content (AvgIpc) is 3.44. The van der Waals surface area contributed by atoms with E-state index in [1.807, 2.05) is 42.5 Å². The fourth-order valence-electron chi connectivity index (χ4n) is 4.06. The Bertz CT molecular complexity index is 1110. The second-order valence-corrected chi connectivity index (χ2v) is 10.7. The van der Waals surface area contributed by atoms with Crippen LogP contribution in [0.4, 0.5) is 0 Å². The van der Waals surface area contributed by atoms with Gasteiger partial charge in [0, 0.05) is 22.4 Å². The van der Waals surface area contributed by atoms with Gasteiger partial charge in [-0.25, -0.2) is 0 Å². The Labute approximate surface area is 188 Å². The van der Waals surface area contributed by atoms with Gasteiger partial charge in [0.2, 0.25) is 0 Å². The first kappa shape index (κ1) is 21.7. The maximum absolute atomic E-state index is 13.4. The molecule has 4 rings (SSSR count). The zero-order valence-electron chi connectivity index (χ0n) is 18.8. The van der Waals surface area contributed by atoms with E-state index in [9.17, 15) is 4.79 Å². The molecule has 0 unspecified atom stereocenters. The molecule has 0 saturated heterocycles. The molecule has 0 bridgehead atoms. The highest BCUT2D eigenvalue weighted by molar-refractivity contribution is 6.30. The fraction of sp³-hybridized carbons (Fsp3) is 0.440. The standard InChI is InChI=1S/C25H29ClN4O/c1-24(2,3)23-27-28-29-30(23)21-13-17(16-6-10-20(26)11-7-16)12-18(14-21)22(31)15-25(4,5)19-8-9-19/h6-7,10-14,19H,8-9,15H2,1-5H3. The van der Waals surface area contributed by atoms with Crippen LogP contribution in [-0.2, 0) is 5.41 Å². The molecule has 0 aliphatic heterocycles. The molecule has 3 aromatic rings. The van der Waals surface area contributed by atoms with Crippen molar-refractivity contribution in [1.29, 1.82) is 0 Å². The third-order valence-electron chi connectivity index (χ3n) is 6.10. The van der Waals surface area contributed by atoms with E-state index in [1.54, 1.807) is 4.68 Å². The van der Waals surface area contributed by atoms with Gasteiger partial charge in [0.15, 0.2) is 11.6 Å². The Balaban J connectivity index is 1.80. The van der Waals surface area contributed by atoms with Crippen LogP contribution in [0, 0.1) is 11.3 Å². The van der Waals surface area contributed by atoms with E-state index in [-0.39, 0.29) is 16.6 Å². The minimum absolute atomic E-state index is 0.0128. The molecule has 0 radical (unpaired) electrons. The molecular formula is C25H29ClN4O. The molecule has 0 atom stereocenters. The summed E-state index contributed by atoms with van der Waals surface area (Å²) in [6, 6.07) is 13.6. The number of carbonyl (C=O) groups is 1. The third-order valence-corrected chi connectivity index (χ3v) is 6.35. The van der Waals surface area contributed by atoms with E-state index >= 15 is 0 Å². The number of tetrazole rings is 1. The largest absolute Gasteiger partial charge is 0.294 e. The average molecular weight is 437 g/mol. The number of hydrogen-bond donors (Lipinski definition) is 0. The van der Waals surface area contributed by atoms with Crippen molar-refractivity contribution >= 4 is 17.4 Å². The van der Waals surface area contributed by atoms with Gasteiger partial charge in [-0.05, 0) is 76.1 Å². The van der Waals surface area contributed by atoms with Crippen LogP contribution in [0.1, 0.15) is 70.1 Å². The maximum Gasteiger partial charge on any atom is 0.163 e. The first-order valence-electron chi connectivity index (χ1n) is 10.8. The molecular weight excluding hydrogens is 408 g/mol. The van der Waals surface area contributed by atoms with Gasteiger partial charge in [-0.1, -0.05) is 58.4 Å². The number of nitrogens with zero attached hydrogens (tertiary/aromatic N) is 4. The van der Waals surface area contributed by atoms with Crippen LogP contribution < -0.4 is 0 Å². The monoisotopic (exact) mass is 436 g/mol. The van der Waals surface area contributed by atoms with Crippen molar-refractivity contribution in [2.24, 2.45) is 11.3 Å². The molecule has 31 heavy (non-hydrogen) atoms. The summed E-state index contributed by atoms with van der Waals surface area (Å²) in [7, 11) is 0. The van der Waals surface area contributed by atoms with Gasteiger partial charge in [-0.3, -0.25) is 4.79 Å². The molecule has 1 heterocycles. The lowest BCUT2D eigenvalue weighted by atomic mass is 9.80. The van der Waals surface area contributed by atoms with Crippen LogP contribution in [0.3, 0.4) is 0 Å². The van der Waals surface area contributed by atoms with Gasteiger partial charge >= 0.3 is 0 Å². The number of hydrogen-bond acceptors (Lipinski definition) is 4. The highest BCUT2D eigenvalue weighted by atomic mass is 35.5. The Hall–Kier alpha value is -2.53. The highest BCUT2D eigenvalue weighted by Gasteiger charge is 2.39. The Morgan fingerprint density at radius 1 is 1.03 bits per heavy atom. The highest BCUT2D eigenvalue weighted by Crippen LogP contribution is 2.47. The van der Waals surface area contributed by atoms with E-state index in [0.717, 1.165) is 22.6 Å². The summed E-state index contributed by atoms with van der Waals surface area (Å²) >= 11 is 6.09. The SMILES string of the molecule is CC(C)(C)c1nnnn1-c1cc(C(=O)CC(C)(C)C2CC2)cc(-c2ccc(Cl)cc2)c1. The normalized spacial score (nSPS) is 14.6. The molecule has 0 amide bonds. The van der Waals surface area contributed by atoms with Crippen LogP contribution in [-0.4, -0.2) is 26.0 Å². The van der Waals surface area contributed by atoms with Crippen molar-refractivity contribution in [3.63, 3.8) is 0 Å². The van der Waals surface area contributed by atoms with Gasteiger partial charge < -0.3 is 0 Å². The first-order valence-corrected chi connectivity index (χ1v) is 11.2. The van der Waals surface area contributed by atoms with Gasteiger partial charge in [-0.15, -0.1) is 5.10 Å². The molecule has 162 valence electrons. The summed E-state index contributed by atoms with van der Waals surface area (Å²) in [5, 5.41) is 13.1. The topological polar surface area (TPSA) is 60.7 Å². The van der Waals surface area contributed by atoms with Crippen molar-refractivity contribution in [3.8, 4) is 16.8 Å². The zero-order valence-corrected chi connectivity index (χ0v) is 19.6. The van der Waals surface area contributed by atoms with E-state index in [1.165, 1.54) is 12.8 Å². The Morgan fingerprint density at radius 2 is 1.71 bits per heavy atom. The minimum Gasteiger partial charge on any atom is -0.294 e. The summed E-state index contributed by atoms with van der Waals surface area (Å²) in [4.78, 5) is 13.4. The van der Waals surface area contributed by atoms with Gasteiger partial charge in [-0.2, -0.15) is 4.68 Å². The summed E-state index contributed by atoms with van der Waals surface area (Å²) in [6.07, 6.45) is 2.97. The third kappa shape index (κ3) is 4.72. The minimum atomic E-state index is -0.238. The number of benzene rings is 2. The summed E-state index contributed by atoms with van der Waals surface area (Å²) in [5.41, 5.74) is 3.18. The zero-order chi connectivity index (χ0) is 22.4. The Kier molecular flexibility index (Phi) is 5.50. The van der Waals surface area contributed by atoms with Crippen molar-refractivity contribution in [3.05, 3.63) is 58.9 Å². The second kappa shape index (κ2) is 7.86. The summed E-state index contributed by atoms with van der Waals surface area (Å²) in [6.45, 7) is 10.6. The lowest BCUT2D eigenvalue weighted by Gasteiger charge is -2.23. The first-order chi connectivity index (χ1) is 14.5. The summed E-state index contributed by atoms with van der Waals surface area (Å²) in [5.74, 6) is 1.54.